The molecule has 132 valence electrons. The Balaban J connectivity index is 1.77. The Kier molecular flexibility index (Phi) is 5.92. The van der Waals surface area contributed by atoms with Crippen LogP contribution in [0.1, 0.15) is 22.7 Å². The predicted octanol–water partition coefficient (Wildman–Crippen LogP) is 4.93. The van der Waals surface area contributed by atoms with Crippen LogP contribution in [0, 0.1) is 6.92 Å². The number of para-hydroxylation sites is 1. The highest BCUT2D eigenvalue weighted by Gasteiger charge is 2.18. The number of halogens is 1. The van der Waals surface area contributed by atoms with E-state index in [-0.39, 0.29) is 18.6 Å². The molecule has 3 aromatic carbocycles. The van der Waals surface area contributed by atoms with Gasteiger partial charge in [0.25, 0.3) is 5.91 Å². The number of aryl methyl sites for hydroxylation is 1. The fraction of sp³-hybridized carbons (Fsp3) is 0.136. The van der Waals surface area contributed by atoms with Crippen LogP contribution >= 0.6 is 11.6 Å². The molecule has 0 aliphatic heterocycles. The maximum Gasteiger partial charge on any atom is 0.258 e. The minimum absolute atomic E-state index is 0.0983. The Morgan fingerprint density at radius 2 is 1.62 bits per heavy atom. The van der Waals surface area contributed by atoms with E-state index in [0.29, 0.717) is 10.8 Å². The molecule has 0 aliphatic carbocycles. The van der Waals surface area contributed by atoms with Crippen LogP contribution < -0.4 is 10.1 Å². The highest BCUT2D eigenvalue weighted by Crippen LogP contribution is 2.25. The zero-order valence-corrected chi connectivity index (χ0v) is 15.2. The summed E-state index contributed by atoms with van der Waals surface area (Å²) in [6, 6.07) is 24.8. The highest BCUT2D eigenvalue weighted by atomic mass is 35.5. The van der Waals surface area contributed by atoms with E-state index in [2.05, 4.69) is 5.32 Å². The molecule has 0 radical (unpaired) electrons. The molecule has 0 fully saturated rings. The molecule has 26 heavy (non-hydrogen) atoms. The summed E-state index contributed by atoms with van der Waals surface area (Å²) in [6.45, 7) is 1.94. The summed E-state index contributed by atoms with van der Waals surface area (Å²) in [5.41, 5.74) is 3.20. The summed E-state index contributed by atoms with van der Waals surface area (Å²) < 4.78 is 5.56. The van der Waals surface area contributed by atoms with Crippen molar-refractivity contribution in [3.05, 3.63) is 101 Å². The van der Waals surface area contributed by atoms with Crippen LogP contribution in [0.3, 0.4) is 0 Å². The maximum atomic E-state index is 12.5. The normalized spacial score (nSPS) is 11.6. The number of carbonyl (C=O) groups is 1. The minimum Gasteiger partial charge on any atom is -0.482 e. The van der Waals surface area contributed by atoms with Gasteiger partial charge in [-0.05, 0) is 35.7 Å². The summed E-state index contributed by atoms with van der Waals surface area (Å²) in [4.78, 5) is 12.5. The van der Waals surface area contributed by atoms with E-state index in [1.165, 1.54) is 0 Å². The van der Waals surface area contributed by atoms with E-state index in [0.717, 1.165) is 16.7 Å². The number of nitrogens with one attached hydrogen (secondary N) is 1. The molecule has 0 spiro atoms. The lowest BCUT2D eigenvalue weighted by molar-refractivity contribution is -0.123. The third-order valence-electron chi connectivity index (χ3n) is 4.13. The third-order valence-corrected chi connectivity index (χ3v) is 4.45. The molecule has 0 saturated carbocycles. The van der Waals surface area contributed by atoms with Gasteiger partial charge in [-0.1, -0.05) is 78.3 Å². The van der Waals surface area contributed by atoms with Gasteiger partial charge in [0.15, 0.2) is 6.61 Å². The molecule has 3 aromatic rings. The molecule has 1 amide bonds. The molecule has 3 nitrogen and oxygen atoms in total. The predicted molar refractivity (Wildman–Crippen MR) is 105 cm³/mol. The Labute approximate surface area is 158 Å². The van der Waals surface area contributed by atoms with Crippen molar-refractivity contribution in [2.45, 2.75) is 13.0 Å². The van der Waals surface area contributed by atoms with E-state index < -0.39 is 0 Å². The van der Waals surface area contributed by atoms with Gasteiger partial charge in [-0.3, -0.25) is 4.79 Å². The van der Waals surface area contributed by atoms with Crippen LogP contribution in [0.2, 0.25) is 5.02 Å². The third kappa shape index (κ3) is 4.44. The molecule has 0 aliphatic rings. The monoisotopic (exact) mass is 365 g/mol. The topological polar surface area (TPSA) is 38.3 Å². The number of rotatable bonds is 6. The zero-order chi connectivity index (χ0) is 18.4. The lowest BCUT2D eigenvalue weighted by atomic mass is 9.95. The minimum atomic E-state index is -0.236. The first kappa shape index (κ1) is 18.0. The molecule has 3 rings (SSSR count). The second kappa shape index (κ2) is 8.54. The van der Waals surface area contributed by atoms with Crippen molar-refractivity contribution in [1.29, 1.82) is 0 Å². The molecule has 0 aromatic heterocycles. The van der Waals surface area contributed by atoms with Crippen molar-refractivity contribution in [1.82, 2.24) is 5.32 Å². The summed E-state index contributed by atoms with van der Waals surface area (Å²) >= 11 is 6.07. The number of hydrogen-bond donors (Lipinski definition) is 1. The molecular formula is C22H20ClNO2. The van der Waals surface area contributed by atoms with Gasteiger partial charge in [-0.25, -0.2) is 0 Å². The van der Waals surface area contributed by atoms with Crippen molar-refractivity contribution < 1.29 is 9.53 Å². The van der Waals surface area contributed by atoms with Gasteiger partial charge in [-0.15, -0.1) is 0 Å². The Morgan fingerprint density at radius 1 is 0.962 bits per heavy atom. The van der Waals surface area contributed by atoms with Gasteiger partial charge in [0.2, 0.25) is 0 Å². The zero-order valence-electron chi connectivity index (χ0n) is 14.5. The first-order valence-corrected chi connectivity index (χ1v) is 8.80. The van der Waals surface area contributed by atoms with Gasteiger partial charge in [-0.2, -0.15) is 0 Å². The van der Waals surface area contributed by atoms with E-state index in [4.69, 9.17) is 16.3 Å². The van der Waals surface area contributed by atoms with Gasteiger partial charge in [0.1, 0.15) is 5.75 Å². The van der Waals surface area contributed by atoms with Gasteiger partial charge < -0.3 is 10.1 Å². The van der Waals surface area contributed by atoms with Crippen molar-refractivity contribution in [3.8, 4) is 5.75 Å². The van der Waals surface area contributed by atoms with Crippen LogP contribution in [0.25, 0.3) is 0 Å². The second-order valence-electron chi connectivity index (χ2n) is 5.99. The van der Waals surface area contributed by atoms with Crippen LogP contribution in [-0.2, 0) is 4.79 Å². The van der Waals surface area contributed by atoms with Crippen molar-refractivity contribution >= 4 is 17.5 Å². The van der Waals surface area contributed by atoms with Crippen LogP contribution in [-0.4, -0.2) is 12.5 Å². The van der Waals surface area contributed by atoms with Crippen molar-refractivity contribution in [2.24, 2.45) is 0 Å². The molecule has 0 unspecified atom stereocenters. The number of ether oxygens (including phenoxy) is 1. The maximum absolute atomic E-state index is 12.5. The smallest absolute Gasteiger partial charge is 0.258 e. The van der Waals surface area contributed by atoms with E-state index >= 15 is 0 Å². The average Bonchev–Trinajstić information content (AvgIpc) is 2.67. The second-order valence-corrected chi connectivity index (χ2v) is 6.39. The fourth-order valence-corrected chi connectivity index (χ4v) is 2.99. The van der Waals surface area contributed by atoms with E-state index in [1.807, 2.05) is 73.7 Å². The Morgan fingerprint density at radius 3 is 2.35 bits per heavy atom. The summed E-state index contributed by atoms with van der Waals surface area (Å²) in [5, 5.41) is 3.56. The summed E-state index contributed by atoms with van der Waals surface area (Å²) in [5.74, 6) is 0.290. The number of benzene rings is 3. The molecule has 0 heterocycles. The highest BCUT2D eigenvalue weighted by molar-refractivity contribution is 6.32. The Hall–Kier alpha value is -2.78. The lowest BCUT2D eigenvalue weighted by Crippen LogP contribution is -2.33. The average molecular weight is 366 g/mol. The number of hydrogen-bond acceptors (Lipinski definition) is 2. The molecule has 4 heteroatoms. The number of amides is 1. The summed E-state index contributed by atoms with van der Waals surface area (Å²) in [7, 11) is 0. The first-order chi connectivity index (χ1) is 12.6. The van der Waals surface area contributed by atoms with E-state index in [9.17, 15) is 4.79 Å². The molecule has 0 saturated heterocycles. The van der Waals surface area contributed by atoms with Gasteiger partial charge in [0.05, 0.1) is 11.1 Å². The standard InChI is InChI=1S/C22H20ClNO2/c1-16-9-5-6-12-18(16)22(17-10-3-2-4-11-17)24-21(25)15-26-20-14-8-7-13-19(20)23/h2-14,22H,15H2,1H3,(H,24,25)/t22-/m1/s1. The Bertz CT molecular complexity index is 880. The van der Waals surface area contributed by atoms with Crippen molar-refractivity contribution in [2.75, 3.05) is 6.61 Å². The van der Waals surface area contributed by atoms with Crippen molar-refractivity contribution in [3.63, 3.8) is 0 Å². The SMILES string of the molecule is Cc1ccccc1[C@H](NC(=O)COc1ccccc1Cl)c1ccccc1. The summed E-state index contributed by atoms with van der Waals surface area (Å²) in [6.07, 6.45) is 0. The van der Waals surface area contributed by atoms with Crippen LogP contribution in [0.5, 0.6) is 5.75 Å². The van der Waals surface area contributed by atoms with Gasteiger partial charge >= 0.3 is 0 Å². The van der Waals surface area contributed by atoms with Crippen LogP contribution in [0.4, 0.5) is 0 Å². The molecular weight excluding hydrogens is 346 g/mol. The fourth-order valence-electron chi connectivity index (χ4n) is 2.80. The quantitative estimate of drug-likeness (QED) is 0.672. The molecule has 0 bridgehead atoms. The first-order valence-electron chi connectivity index (χ1n) is 8.42. The lowest BCUT2D eigenvalue weighted by Gasteiger charge is -2.22. The molecule has 1 N–H and O–H groups in total. The van der Waals surface area contributed by atoms with Gasteiger partial charge in [0, 0.05) is 0 Å². The van der Waals surface area contributed by atoms with E-state index in [1.54, 1.807) is 12.1 Å². The van der Waals surface area contributed by atoms with Crippen LogP contribution in [0.15, 0.2) is 78.9 Å². The largest absolute Gasteiger partial charge is 0.482 e. The molecule has 1 atom stereocenters. The number of carbonyl (C=O) groups excluding carboxylic acids is 1.